The fourth-order valence-corrected chi connectivity index (χ4v) is 2.38. The number of carbonyl (C=O) groups excluding carboxylic acids is 1. The monoisotopic (exact) mass is 281 g/mol. The Kier molecular flexibility index (Phi) is 4.29. The Bertz CT molecular complexity index is 528. The van der Waals surface area contributed by atoms with Crippen molar-refractivity contribution < 1.29 is 14.1 Å². The molecular weight excluding hydrogens is 265 g/mol. The minimum absolute atomic E-state index is 0.193. The second-order valence-electron chi connectivity index (χ2n) is 4.89. The fourth-order valence-electron chi connectivity index (χ4n) is 2.38. The Morgan fingerprint density at radius 3 is 2.65 bits per heavy atom. The van der Waals surface area contributed by atoms with E-state index in [0.717, 1.165) is 31.0 Å². The van der Waals surface area contributed by atoms with Crippen molar-refractivity contribution in [1.82, 2.24) is 4.90 Å². The van der Waals surface area contributed by atoms with Crippen LogP contribution in [-0.2, 0) is 0 Å². The van der Waals surface area contributed by atoms with Gasteiger partial charge in [0.25, 0.3) is 11.6 Å². The van der Waals surface area contributed by atoms with E-state index in [-0.39, 0.29) is 11.3 Å². The first kappa shape index (κ1) is 14.4. The van der Waals surface area contributed by atoms with Crippen molar-refractivity contribution >= 4 is 11.6 Å². The molecule has 2 N–H and O–H groups in total. The van der Waals surface area contributed by atoms with E-state index in [1.807, 2.05) is 0 Å². The second kappa shape index (κ2) is 5.96. The van der Waals surface area contributed by atoms with Gasteiger partial charge >= 0.3 is 0 Å². The predicted molar refractivity (Wildman–Crippen MR) is 70.7 cm³/mol. The van der Waals surface area contributed by atoms with Crippen molar-refractivity contribution in [2.75, 3.05) is 19.6 Å². The molecule has 2 rings (SSSR count). The van der Waals surface area contributed by atoms with Gasteiger partial charge in [0.15, 0.2) is 0 Å². The van der Waals surface area contributed by atoms with Crippen LogP contribution < -0.4 is 5.73 Å². The Morgan fingerprint density at radius 2 is 2.10 bits per heavy atom. The molecular formula is C13H16FN3O3. The molecule has 1 amide bonds. The summed E-state index contributed by atoms with van der Waals surface area (Å²) in [5.74, 6) is -0.774. The number of amides is 1. The molecule has 0 aliphatic carbocycles. The van der Waals surface area contributed by atoms with Gasteiger partial charge in [-0.2, -0.15) is 0 Å². The minimum Gasteiger partial charge on any atom is -0.338 e. The van der Waals surface area contributed by atoms with Crippen LogP contribution in [0.25, 0.3) is 0 Å². The Morgan fingerprint density at radius 1 is 1.45 bits per heavy atom. The number of likely N-dealkylation sites (tertiary alicyclic amines) is 1. The van der Waals surface area contributed by atoms with Gasteiger partial charge in [-0.05, 0) is 37.4 Å². The summed E-state index contributed by atoms with van der Waals surface area (Å²) < 4.78 is 13.2. The third-order valence-corrected chi connectivity index (χ3v) is 3.62. The average molecular weight is 281 g/mol. The normalized spacial score (nSPS) is 16.2. The van der Waals surface area contributed by atoms with Gasteiger partial charge in [0.1, 0.15) is 11.4 Å². The molecule has 1 aliphatic heterocycles. The average Bonchev–Trinajstić information content (AvgIpc) is 2.46. The molecule has 0 radical (unpaired) electrons. The topological polar surface area (TPSA) is 89.5 Å². The van der Waals surface area contributed by atoms with Gasteiger partial charge in [0.05, 0.1) is 4.92 Å². The lowest BCUT2D eigenvalue weighted by Gasteiger charge is -2.31. The van der Waals surface area contributed by atoms with Crippen LogP contribution in [0.3, 0.4) is 0 Å². The quantitative estimate of drug-likeness (QED) is 0.672. The van der Waals surface area contributed by atoms with Crippen LogP contribution in [0, 0.1) is 21.8 Å². The van der Waals surface area contributed by atoms with E-state index in [1.165, 1.54) is 4.90 Å². The Labute approximate surface area is 115 Å². The molecule has 0 bridgehead atoms. The van der Waals surface area contributed by atoms with Crippen molar-refractivity contribution in [3.05, 3.63) is 39.7 Å². The van der Waals surface area contributed by atoms with E-state index in [4.69, 9.17) is 5.73 Å². The summed E-state index contributed by atoms with van der Waals surface area (Å²) in [6, 6.07) is 2.93. The highest BCUT2D eigenvalue weighted by Gasteiger charge is 2.28. The molecule has 7 heteroatoms. The number of nitrogens with two attached hydrogens (primary N) is 1. The molecule has 108 valence electrons. The van der Waals surface area contributed by atoms with Gasteiger partial charge in [-0.1, -0.05) is 0 Å². The molecule has 0 unspecified atom stereocenters. The van der Waals surface area contributed by atoms with Crippen molar-refractivity contribution in [3.8, 4) is 0 Å². The Balaban J connectivity index is 2.21. The standard InChI is InChI=1S/C13H16FN3O3/c14-10-1-2-12(17(19)20)11(7-10)13(18)16-5-3-9(8-15)4-6-16/h1-2,7,9H,3-6,8,15H2. The summed E-state index contributed by atoms with van der Waals surface area (Å²) in [6.45, 7) is 1.56. The number of hydrogen-bond donors (Lipinski definition) is 1. The zero-order chi connectivity index (χ0) is 14.7. The van der Waals surface area contributed by atoms with E-state index < -0.39 is 16.6 Å². The van der Waals surface area contributed by atoms with Crippen molar-refractivity contribution in [2.24, 2.45) is 11.7 Å². The van der Waals surface area contributed by atoms with Crippen LogP contribution in [0.5, 0.6) is 0 Å². The molecule has 20 heavy (non-hydrogen) atoms. The molecule has 1 fully saturated rings. The van der Waals surface area contributed by atoms with Crippen LogP contribution in [0.15, 0.2) is 18.2 Å². The van der Waals surface area contributed by atoms with Gasteiger partial charge in [-0.25, -0.2) is 4.39 Å². The number of benzene rings is 1. The van der Waals surface area contributed by atoms with E-state index in [9.17, 15) is 19.3 Å². The van der Waals surface area contributed by atoms with Crippen LogP contribution in [0.1, 0.15) is 23.2 Å². The maximum absolute atomic E-state index is 13.2. The van der Waals surface area contributed by atoms with E-state index in [2.05, 4.69) is 0 Å². The molecule has 1 aromatic rings. The first-order chi connectivity index (χ1) is 9.52. The highest BCUT2D eigenvalue weighted by atomic mass is 19.1. The molecule has 0 spiro atoms. The van der Waals surface area contributed by atoms with Crippen LogP contribution >= 0.6 is 0 Å². The number of hydrogen-bond acceptors (Lipinski definition) is 4. The fraction of sp³-hybridized carbons (Fsp3) is 0.462. The molecule has 1 heterocycles. The molecule has 0 atom stereocenters. The maximum atomic E-state index is 13.2. The number of rotatable bonds is 3. The van der Waals surface area contributed by atoms with Crippen LogP contribution in [0.4, 0.5) is 10.1 Å². The smallest absolute Gasteiger partial charge is 0.282 e. The van der Waals surface area contributed by atoms with E-state index >= 15 is 0 Å². The largest absolute Gasteiger partial charge is 0.338 e. The zero-order valence-electron chi connectivity index (χ0n) is 10.9. The number of piperidine rings is 1. The lowest BCUT2D eigenvalue weighted by atomic mass is 9.96. The highest BCUT2D eigenvalue weighted by molar-refractivity contribution is 5.98. The predicted octanol–water partition coefficient (Wildman–Crippen LogP) is 1.54. The number of carbonyl (C=O) groups is 1. The molecule has 1 saturated heterocycles. The van der Waals surface area contributed by atoms with Gasteiger partial charge in [0.2, 0.25) is 0 Å². The van der Waals surface area contributed by atoms with Gasteiger partial charge in [-0.3, -0.25) is 14.9 Å². The first-order valence-electron chi connectivity index (χ1n) is 6.46. The number of halogens is 1. The SMILES string of the molecule is NCC1CCN(C(=O)c2cc(F)ccc2[N+](=O)[O-])CC1. The lowest BCUT2D eigenvalue weighted by Crippen LogP contribution is -2.40. The summed E-state index contributed by atoms with van der Waals surface area (Å²) in [5, 5.41) is 10.9. The molecule has 1 aromatic carbocycles. The number of nitro groups is 1. The molecule has 0 aromatic heterocycles. The molecule has 0 saturated carbocycles. The Hall–Kier alpha value is -2.02. The van der Waals surface area contributed by atoms with E-state index in [1.54, 1.807) is 0 Å². The number of nitrogens with zero attached hydrogens (tertiary/aromatic N) is 2. The van der Waals surface area contributed by atoms with Crippen molar-refractivity contribution in [3.63, 3.8) is 0 Å². The zero-order valence-corrected chi connectivity index (χ0v) is 10.9. The van der Waals surface area contributed by atoms with Crippen molar-refractivity contribution in [2.45, 2.75) is 12.8 Å². The second-order valence-corrected chi connectivity index (χ2v) is 4.89. The summed E-state index contributed by atoms with van der Waals surface area (Å²) in [7, 11) is 0. The number of nitro benzene ring substituents is 1. The van der Waals surface area contributed by atoms with Crippen LogP contribution in [-0.4, -0.2) is 35.4 Å². The molecule has 1 aliphatic rings. The van der Waals surface area contributed by atoms with Crippen molar-refractivity contribution in [1.29, 1.82) is 0 Å². The van der Waals surface area contributed by atoms with Gasteiger partial charge in [-0.15, -0.1) is 0 Å². The summed E-state index contributed by atoms with van der Waals surface area (Å²) in [6.07, 6.45) is 1.54. The summed E-state index contributed by atoms with van der Waals surface area (Å²) in [5.41, 5.74) is 5.02. The highest BCUT2D eigenvalue weighted by Crippen LogP contribution is 2.24. The minimum atomic E-state index is -0.667. The third kappa shape index (κ3) is 2.93. The van der Waals surface area contributed by atoms with Crippen LogP contribution in [0.2, 0.25) is 0 Å². The third-order valence-electron chi connectivity index (χ3n) is 3.62. The molecule has 6 nitrogen and oxygen atoms in total. The lowest BCUT2D eigenvalue weighted by molar-refractivity contribution is -0.385. The summed E-state index contributed by atoms with van der Waals surface area (Å²) >= 11 is 0. The summed E-state index contributed by atoms with van der Waals surface area (Å²) in [4.78, 5) is 24.1. The van der Waals surface area contributed by atoms with E-state index in [0.29, 0.717) is 25.6 Å². The maximum Gasteiger partial charge on any atom is 0.282 e. The van der Waals surface area contributed by atoms with Gasteiger partial charge in [0, 0.05) is 19.2 Å². The van der Waals surface area contributed by atoms with Gasteiger partial charge < -0.3 is 10.6 Å². The first-order valence-corrected chi connectivity index (χ1v) is 6.46.